The molecule has 2 aromatic carbocycles. The Morgan fingerprint density at radius 3 is 2.60 bits per heavy atom. The first-order valence-electron chi connectivity index (χ1n) is 8.10. The van der Waals surface area contributed by atoms with Gasteiger partial charge in [-0.1, -0.05) is 42.5 Å². The van der Waals surface area contributed by atoms with Crippen LogP contribution in [-0.2, 0) is 11.3 Å². The highest BCUT2D eigenvalue weighted by molar-refractivity contribution is 9.10. The number of nitrogens with zero attached hydrogens (tertiary/aromatic N) is 1. The highest BCUT2D eigenvalue weighted by Gasteiger charge is 2.19. The van der Waals surface area contributed by atoms with Gasteiger partial charge in [0.1, 0.15) is 11.6 Å². The third-order valence-electron chi connectivity index (χ3n) is 4.00. The van der Waals surface area contributed by atoms with E-state index in [9.17, 15) is 0 Å². The number of halogens is 1. The van der Waals surface area contributed by atoms with Crippen LogP contribution in [0.4, 0.5) is 0 Å². The molecule has 0 amide bonds. The largest absolute Gasteiger partial charge is 0.493 e. The lowest BCUT2D eigenvalue weighted by Gasteiger charge is -2.29. The van der Waals surface area contributed by atoms with Crippen molar-refractivity contribution in [2.24, 2.45) is 0 Å². The molecule has 1 aliphatic heterocycles. The smallest absolute Gasteiger partial charge is 0.175 e. The van der Waals surface area contributed by atoms with Crippen LogP contribution >= 0.6 is 28.1 Å². The summed E-state index contributed by atoms with van der Waals surface area (Å²) in [6.45, 7) is 3.51. The zero-order chi connectivity index (χ0) is 17.6. The number of benzene rings is 2. The molecular formula is C19H20BrNO3S. The molecule has 1 aliphatic rings. The fourth-order valence-corrected chi connectivity index (χ4v) is 3.52. The van der Waals surface area contributed by atoms with Gasteiger partial charge in [-0.15, -0.1) is 0 Å². The second kappa shape index (κ2) is 8.65. The van der Waals surface area contributed by atoms with Crippen LogP contribution in [0.1, 0.15) is 11.1 Å². The summed E-state index contributed by atoms with van der Waals surface area (Å²) < 4.78 is 17.7. The van der Waals surface area contributed by atoms with Gasteiger partial charge in [0.25, 0.3) is 0 Å². The molecule has 1 heterocycles. The van der Waals surface area contributed by atoms with Crippen molar-refractivity contribution in [2.45, 2.75) is 6.61 Å². The molecule has 6 heteroatoms. The van der Waals surface area contributed by atoms with Gasteiger partial charge in [0, 0.05) is 18.7 Å². The number of morpholine rings is 1. The van der Waals surface area contributed by atoms with E-state index in [1.54, 1.807) is 7.11 Å². The second-order valence-electron chi connectivity index (χ2n) is 5.67. The Morgan fingerprint density at radius 1 is 1.20 bits per heavy atom. The van der Waals surface area contributed by atoms with Gasteiger partial charge >= 0.3 is 0 Å². The summed E-state index contributed by atoms with van der Waals surface area (Å²) >= 11 is 9.24. The summed E-state index contributed by atoms with van der Waals surface area (Å²) in [5.41, 5.74) is 2.04. The molecule has 0 atom stereocenters. The maximum absolute atomic E-state index is 5.98. The molecule has 0 saturated carbocycles. The number of ether oxygens (including phenoxy) is 3. The number of hydrogen-bond acceptors (Lipinski definition) is 4. The first-order valence-corrected chi connectivity index (χ1v) is 9.30. The molecule has 3 rings (SSSR count). The van der Waals surface area contributed by atoms with E-state index in [4.69, 9.17) is 26.4 Å². The molecule has 0 spiro atoms. The molecule has 1 fully saturated rings. The van der Waals surface area contributed by atoms with E-state index in [0.29, 0.717) is 31.3 Å². The molecule has 0 aromatic heterocycles. The molecule has 0 bridgehead atoms. The fraction of sp³-hybridized carbons (Fsp3) is 0.316. The Labute approximate surface area is 161 Å². The van der Waals surface area contributed by atoms with Gasteiger partial charge in [-0.3, -0.25) is 0 Å². The van der Waals surface area contributed by atoms with E-state index in [1.807, 2.05) is 42.5 Å². The predicted octanol–water partition coefficient (Wildman–Crippen LogP) is 4.04. The molecule has 0 N–H and O–H groups in total. The molecular weight excluding hydrogens is 402 g/mol. The first kappa shape index (κ1) is 18.2. The molecule has 4 nitrogen and oxygen atoms in total. The van der Waals surface area contributed by atoms with Gasteiger partial charge in [0.05, 0.1) is 24.8 Å². The summed E-state index contributed by atoms with van der Waals surface area (Å²) in [7, 11) is 1.64. The van der Waals surface area contributed by atoms with Crippen molar-refractivity contribution in [3.8, 4) is 11.5 Å². The molecule has 0 radical (unpaired) electrons. The minimum absolute atomic E-state index is 0.475. The van der Waals surface area contributed by atoms with Crippen molar-refractivity contribution in [3.05, 3.63) is 58.1 Å². The Morgan fingerprint density at radius 2 is 1.92 bits per heavy atom. The monoisotopic (exact) mass is 421 g/mol. The van der Waals surface area contributed by atoms with Crippen LogP contribution in [0.5, 0.6) is 11.5 Å². The van der Waals surface area contributed by atoms with Gasteiger partial charge in [-0.05, 0) is 33.6 Å². The van der Waals surface area contributed by atoms with E-state index in [2.05, 4.69) is 20.8 Å². The van der Waals surface area contributed by atoms with E-state index in [0.717, 1.165) is 33.7 Å². The summed E-state index contributed by atoms with van der Waals surface area (Å²) in [6, 6.07) is 14.0. The summed E-state index contributed by atoms with van der Waals surface area (Å²) in [5.74, 6) is 1.34. The van der Waals surface area contributed by atoms with Crippen molar-refractivity contribution in [3.63, 3.8) is 0 Å². The van der Waals surface area contributed by atoms with Crippen molar-refractivity contribution < 1.29 is 14.2 Å². The topological polar surface area (TPSA) is 30.9 Å². The van der Waals surface area contributed by atoms with Gasteiger partial charge in [-0.25, -0.2) is 0 Å². The van der Waals surface area contributed by atoms with Gasteiger partial charge < -0.3 is 19.1 Å². The van der Waals surface area contributed by atoms with Gasteiger partial charge in [0.15, 0.2) is 11.5 Å². The summed E-state index contributed by atoms with van der Waals surface area (Å²) in [5, 5.41) is 0. The maximum atomic E-state index is 5.98. The average Bonchev–Trinajstić information content (AvgIpc) is 2.67. The van der Waals surface area contributed by atoms with Crippen molar-refractivity contribution in [1.82, 2.24) is 4.90 Å². The van der Waals surface area contributed by atoms with E-state index < -0.39 is 0 Å². The molecule has 132 valence electrons. The number of thiocarbonyl (C=S) groups is 1. The molecule has 1 saturated heterocycles. The first-order chi connectivity index (χ1) is 12.2. The minimum Gasteiger partial charge on any atom is -0.493 e. The molecule has 2 aromatic rings. The van der Waals surface area contributed by atoms with Crippen LogP contribution in [-0.4, -0.2) is 43.3 Å². The normalized spacial score (nSPS) is 14.2. The highest BCUT2D eigenvalue weighted by atomic mass is 79.9. The Balaban J connectivity index is 1.79. The predicted molar refractivity (Wildman–Crippen MR) is 106 cm³/mol. The van der Waals surface area contributed by atoms with Crippen LogP contribution in [0.25, 0.3) is 0 Å². The van der Waals surface area contributed by atoms with Gasteiger partial charge in [0.2, 0.25) is 0 Å². The standard InChI is InChI=1S/C19H20BrNO3S/c1-22-17-12-15(19(25)21-7-9-23-10-8-21)11-16(20)18(17)24-13-14-5-3-2-4-6-14/h2-6,11-12H,7-10,13H2,1H3. The van der Waals surface area contributed by atoms with Crippen molar-refractivity contribution in [1.29, 1.82) is 0 Å². The average molecular weight is 422 g/mol. The number of rotatable bonds is 5. The molecule has 25 heavy (non-hydrogen) atoms. The zero-order valence-corrected chi connectivity index (χ0v) is 16.4. The van der Waals surface area contributed by atoms with Crippen LogP contribution in [0.2, 0.25) is 0 Å². The third-order valence-corrected chi connectivity index (χ3v) is 5.08. The Hall–Kier alpha value is -1.63. The van der Waals surface area contributed by atoms with Crippen molar-refractivity contribution in [2.75, 3.05) is 33.4 Å². The number of hydrogen-bond donors (Lipinski definition) is 0. The van der Waals surface area contributed by atoms with E-state index >= 15 is 0 Å². The van der Waals surface area contributed by atoms with Crippen molar-refractivity contribution >= 4 is 33.1 Å². The van der Waals surface area contributed by atoms with Crippen LogP contribution in [0.3, 0.4) is 0 Å². The van der Waals surface area contributed by atoms with Crippen LogP contribution < -0.4 is 9.47 Å². The molecule has 0 aliphatic carbocycles. The highest BCUT2D eigenvalue weighted by Crippen LogP contribution is 2.37. The lowest BCUT2D eigenvalue weighted by atomic mass is 10.1. The zero-order valence-electron chi connectivity index (χ0n) is 14.0. The lowest BCUT2D eigenvalue weighted by molar-refractivity contribution is 0.0693. The Bertz CT molecular complexity index is 733. The SMILES string of the molecule is COc1cc(C(=S)N2CCOCC2)cc(Br)c1OCc1ccccc1. The van der Waals surface area contributed by atoms with E-state index in [1.165, 1.54) is 0 Å². The number of methoxy groups -OCH3 is 1. The second-order valence-corrected chi connectivity index (χ2v) is 6.91. The quantitative estimate of drug-likeness (QED) is 0.679. The van der Waals surface area contributed by atoms with Crippen LogP contribution in [0.15, 0.2) is 46.9 Å². The van der Waals surface area contributed by atoms with Gasteiger partial charge in [-0.2, -0.15) is 0 Å². The fourth-order valence-electron chi connectivity index (χ4n) is 2.66. The maximum Gasteiger partial charge on any atom is 0.175 e. The van der Waals surface area contributed by atoms with Crippen LogP contribution in [0, 0.1) is 0 Å². The third kappa shape index (κ3) is 4.51. The molecule has 0 unspecified atom stereocenters. The lowest BCUT2D eigenvalue weighted by Crippen LogP contribution is -2.40. The Kier molecular flexibility index (Phi) is 6.29. The summed E-state index contributed by atoms with van der Waals surface area (Å²) in [4.78, 5) is 2.96. The van der Waals surface area contributed by atoms with E-state index in [-0.39, 0.29) is 0 Å². The summed E-state index contributed by atoms with van der Waals surface area (Å²) in [6.07, 6.45) is 0. The minimum atomic E-state index is 0.475.